The molecule has 45 heavy (non-hydrogen) atoms. The van der Waals surface area contributed by atoms with Crippen molar-refractivity contribution >= 4 is 79.6 Å². The molecule has 5 rings (SSSR count). The van der Waals surface area contributed by atoms with Crippen LogP contribution in [0.4, 0.5) is 0 Å². The zero-order valence-corrected chi connectivity index (χ0v) is 34.5. The van der Waals surface area contributed by atoms with Gasteiger partial charge in [0.05, 0.1) is 5.56 Å². The van der Waals surface area contributed by atoms with Crippen molar-refractivity contribution in [3.63, 3.8) is 0 Å². The molecule has 7 heteroatoms. The van der Waals surface area contributed by atoms with Gasteiger partial charge >= 0.3 is 5.97 Å². The van der Waals surface area contributed by atoms with E-state index in [1.54, 1.807) is 5.57 Å². The summed E-state index contributed by atoms with van der Waals surface area (Å²) in [5.74, 6) is 4.84. The zero-order chi connectivity index (χ0) is 32.5. The molecule has 4 aliphatic rings. The fourth-order valence-electron chi connectivity index (χ4n) is 10.2. The van der Waals surface area contributed by atoms with Crippen molar-refractivity contribution in [3.05, 3.63) is 40.1 Å². The van der Waals surface area contributed by atoms with Crippen LogP contribution in [0.25, 0.3) is 0 Å². The van der Waals surface area contributed by atoms with Crippen molar-refractivity contribution in [1.82, 2.24) is 5.32 Å². The number of hydrogen-bond donors (Lipinski definition) is 1. The van der Waals surface area contributed by atoms with Crippen LogP contribution in [0.3, 0.4) is 0 Å². The monoisotopic (exact) mass is 953 g/mol. The summed E-state index contributed by atoms with van der Waals surface area (Å²) >= 11 is 6.74. The number of ether oxygens (including phenoxy) is 1. The number of carbonyl (C=O) groups is 2. The Kier molecular flexibility index (Phi) is 12.4. The maximum Gasteiger partial charge on any atom is 0.306 e. The van der Waals surface area contributed by atoms with Gasteiger partial charge < -0.3 is 10.1 Å². The van der Waals surface area contributed by atoms with Crippen molar-refractivity contribution in [2.24, 2.45) is 46.3 Å². The number of nitrogens with one attached hydrogen (secondary N) is 1. The minimum absolute atomic E-state index is 0.00517. The first kappa shape index (κ1) is 36.4. The Morgan fingerprint density at radius 2 is 1.76 bits per heavy atom. The first-order valence-electron chi connectivity index (χ1n) is 17.6. The smallest absolute Gasteiger partial charge is 0.306 e. The number of rotatable bonds is 11. The first-order chi connectivity index (χ1) is 21.3. The van der Waals surface area contributed by atoms with Crippen LogP contribution >= 0.6 is 67.8 Å². The average Bonchev–Trinajstić information content (AvgIpc) is 3.34. The maximum atomic E-state index is 12.8. The summed E-state index contributed by atoms with van der Waals surface area (Å²) < 4.78 is 9.13. The molecule has 0 aliphatic heterocycles. The van der Waals surface area contributed by atoms with Crippen LogP contribution in [0.2, 0.25) is 0 Å². The zero-order valence-electron chi connectivity index (χ0n) is 28.0. The largest absolute Gasteiger partial charge is 0.462 e. The van der Waals surface area contributed by atoms with Gasteiger partial charge in [0.1, 0.15) is 6.10 Å². The fourth-order valence-corrected chi connectivity index (χ4v) is 12.6. The molecule has 4 aliphatic carbocycles. The molecule has 1 amide bonds. The van der Waals surface area contributed by atoms with E-state index in [0.717, 1.165) is 65.5 Å². The third-order valence-electron chi connectivity index (χ3n) is 12.6. The van der Waals surface area contributed by atoms with E-state index in [4.69, 9.17) is 4.74 Å². The normalized spacial score (nSPS) is 33.1. The molecule has 250 valence electrons. The molecule has 8 atom stereocenters. The second kappa shape index (κ2) is 15.3. The van der Waals surface area contributed by atoms with E-state index in [9.17, 15) is 9.59 Å². The lowest BCUT2D eigenvalue weighted by Gasteiger charge is -2.58. The summed E-state index contributed by atoms with van der Waals surface area (Å²) in [7, 11) is 0. The topological polar surface area (TPSA) is 55.4 Å². The number of amides is 1. The molecule has 3 unspecified atom stereocenters. The van der Waals surface area contributed by atoms with Gasteiger partial charge in [-0.25, -0.2) is 0 Å². The van der Waals surface area contributed by atoms with Crippen LogP contribution in [-0.2, 0) is 9.53 Å². The van der Waals surface area contributed by atoms with Crippen molar-refractivity contribution < 1.29 is 14.3 Å². The van der Waals surface area contributed by atoms with Gasteiger partial charge in [-0.15, -0.1) is 0 Å². The van der Waals surface area contributed by atoms with Crippen LogP contribution in [0.15, 0.2) is 23.8 Å². The summed E-state index contributed by atoms with van der Waals surface area (Å²) in [6.45, 7) is 13.0. The molecular weight excluding hydrogens is 899 g/mol. The summed E-state index contributed by atoms with van der Waals surface area (Å²) in [5.41, 5.74) is 3.05. The molecular formula is C38H54I3NO3. The van der Waals surface area contributed by atoms with Crippen molar-refractivity contribution in [2.75, 3.05) is 6.54 Å². The second-order valence-electron chi connectivity index (χ2n) is 15.8. The molecule has 3 saturated carbocycles. The molecule has 1 N–H and O–H groups in total. The molecule has 0 saturated heterocycles. The quantitative estimate of drug-likeness (QED) is 0.0791. The predicted molar refractivity (Wildman–Crippen MR) is 209 cm³/mol. The molecule has 3 fully saturated rings. The van der Waals surface area contributed by atoms with E-state index < -0.39 is 0 Å². The Morgan fingerprint density at radius 3 is 2.51 bits per heavy atom. The molecule has 0 radical (unpaired) electrons. The van der Waals surface area contributed by atoms with Gasteiger partial charge in [-0.05, 0) is 178 Å². The molecule has 4 nitrogen and oxygen atoms in total. The van der Waals surface area contributed by atoms with Crippen molar-refractivity contribution in [1.29, 1.82) is 0 Å². The lowest BCUT2D eigenvalue weighted by Crippen LogP contribution is -2.51. The van der Waals surface area contributed by atoms with E-state index >= 15 is 0 Å². The van der Waals surface area contributed by atoms with E-state index in [1.165, 1.54) is 51.4 Å². The van der Waals surface area contributed by atoms with Gasteiger partial charge in [0, 0.05) is 30.1 Å². The lowest BCUT2D eigenvalue weighted by molar-refractivity contribution is -0.151. The SMILES string of the molecule is CC(C)CCC[C@@H](C)[C@H]1CCC2C3CC=C4C[C@@H](OC(=O)CCCNC(=O)c5cc(I)cc(I)c5I)CC[C@]4(C)C3CC[C@@]21C. The highest BCUT2D eigenvalue weighted by atomic mass is 127. The van der Waals surface area contributed by atoms with Gasteiger partial charge in [-0.3, -0.25) is 9.59 Å². The van der Waals surface area contributed by atoms with Crippen LogP contribution < -0.4 is 5.32 Å². The number of hydrogen-bond acceptors (Lipinski definition) is 3. The predicted octanol–water partition coefficient (Wildman–Crippen LogP) is 11.0. The van der Waals surface area contributed by atoms with Crippen LogP contribution in [-0.4, -0.2) is 24.5 Å². The molecule has 1 aromatic carbocycles. The minimum atomic E-state index is -0.126. The number of esters is 1. The van der Waals surface area contributed by atoms with Gasteiger partial charge in [0.25, 0.3) is 5.91 Å². The number of carbonyl (C=O) groups excluding carboxylic acids is 2. The van der Waals surface area contributed by atoms with E-state index in [2.05, 4.69) is 120 Å². The van der Waals surface area contributed by atoms with E-state index in [-0.39, 0.29) is 23.4 Å². The molecule has 0 aromatic heterocycles. The average molecular weight is 954 g/mol. The van der Waals surface area contributed by atoms with Crippen LogP contribution in [0, 0.1) is 57.0 Å². The second-order valence-corrected chi connectivity index (χ2v) is 19.2. The fraction of sp³-hybridized carbons (Fsp3) is 0.737. The summed E-state index contributed by atoms with van der Waals surface area (Å²) in [6.07, 6.45) is 17.6. The Balaban J connectivity index is 1.11. The Hall–Kier alpha value is 0.0900. The Bertz CT molecular complexity index is 1280. The Morgan fingerprint density at radius 1 is 0.978 bits per heavy atom. The number of allylic oxidation sites excluding steroid dienone is 1. The van der Waals surface area contributed by atoms with Gasteiger partial charge in [-0.1, -0.05) is 65.5 Å². The molecule has 0 spiro atoms. The van der Waals surface area contributed by atoms with E-state index in [0.29, 0.717) is 30.4 Å². The highest BCUT2D eigenvalue weighted by molar-refractivity contribution is 14.1. The highest BCUT2D eigenvalue weighted by Crippen LogP contribution is 2.67. The lowest BCUT2D eigenvalue weighted by atomic mass is 9.47. The van der Waals surface area contributed by atoms with Crippen LogP contribution in [0.5, 0.6) is 0 Å². The van der Waals surface area contributed by atoms with Crippen LogP contribution in [0.1, 0.15) is 128 Å². The van der Waals surface area contributed by atoms with Gasteiger partial charge in [0.2, 0.25) is 0 Å². The highest BCUT2D eigenvalue weighted by Gasteiger charge is 2.59. The van der Waals surface area contributed by atoms with Crippen molar-refractivity contribution in [2.45, 2.75) is 124 Å². The van der Waals surface area contributed by atoms with Gasteiger partial charge in [-0.2, -0.15) is 0 Å². The minimum Gasteiger partial charge on any atom is -0.462 e. The number of halogens is 3. The van der Waals surface area contributed by atoms with Gasteiger partial charge in [0.15, 0.2) is 0 Å². The molecule has 0 heterocycles. The maximum absolute atomic E-state index is 12.8. The molecule has 1 aromatic rings. The molecule has 0 bridgehead atoms. The number of benzene rings is 1. The van der Waals surface area contributed by atoms with E-state index in [1.807, 2.05) is 6.07 Å². The summed E-state index contributed by atoms with van der Waals surface area (Å²) in [6, 6.07) is 3.98. The summed E-state index contributed by atoms with van der Waals surface area (Å²) in [4.78, 5) is 25.6. The first-order valence-corrected chi connectivity index (χ1v) is 20.9. The standard InChI is InChI=1S/C38H54I3NO3/c1-23(2)8-6-9-24(3)30-13-14-31-28-12-11-25-20-27(15-17-37(25,4)32(28)16-18-38(30,31)5)45-34(43)10-7-19-42-36(44)29-21-26(39)22-33(40)35(29)41/h11,21-24,27-28,30-32H,6-10,12-20H2,1-5H3,(H,42,44)/t24-,27+,28?,30-,31?,32?,37+,38-/m1/s1. The number of fused-ring (bicyclic) bond motifs is 5. The third kappa shape index (κ3) is 7.95. The Labute approximate surface area is 313 Å². The summed E-state index contributed by atoms with van der Waals surface area (Å²) in [5, 5.41) is 2.99. The third-order valence-corrected chi connectivity index (χ3v) is 16.3. The van der Waals surface area contributed by atoms with Crippen molar-refractivity contribution in [3.8, 4) is 0 Å².